The van der Waals surface area contributed by atoms with E-state index in [4.69, 9.17) is 4.74 Å². The van der Waals surface area contributed by atoms with E-state index in [1.165, 1.54) is 21.2 Å². The Morgan fingerprint density at radius 1 is 1.46 bits per heavy atom. The third-order valence-corrected chi connectivity index (χ3v) is 5.57. The van der Waals surface area contributed by atoms with E-state index in [9.17, 15) is 25.4 Å². The van der Waals surface area contributed by atoms with Crippen molar-refractivity contribution in [2.24, 2.45) is 0 Å². The molecule has 1 aliphatic rings. The number of hydrogen-bond acceptors (Lipinski definition) is 8. The molecule has 9 nitrogen and oxygen atoms in total. The van der Waals surface area contributed by atoms with Crippen molar-refractivity contribution in [3.63, 3.8) is 0 Å². The highest BCUT2D eigenvalue weighted by Crippen LogP contribution is 2.37. The molecule has 0 amide bonds. The van der Waals surface area contributed by atoms with E-state index < -0.39 is 23.0 Å². The monoisotopic (exact) mass is 386 g/mol. The van der Waals surface area contributed by atoms with Crippen molar-refractivity contribution in [1.82, 2.24) is 9.97 Å². The summed E-state index contributed by atoms with van der Waals surface area (Å²) >= 11 is 0. The fourth-order valence-corrected chi connectivity index (χ4v) is 3.82. The van der Waals surface area contributed by atoms with Gasteiger partial charge in [0.25, 0.3) is 5.56 Å². The summed E-state index contributed by atoms with van der Waals surface area (Å²) in [5, 5.41) is 40.3. The molecule has 0 aliphatic carbocycles. The molecular formula is C18H23BN4O5. The molecule has 0 saturated carbocycles. The number of hydrogen-bond donors (Lipinski definition) is 4. The summed E-state index contributed by atoms with van der Waals surface area (Å²) in [5.41, 5.74) is -2.38. The van der Waals surface area contributed by atoms with Gasteiger partial charge in [0.1, 0.15) is 22.9 Å². The number of aliphatic hydroxyl groups excluding tert-OH is 1. The summed E-state index contributed by atoms with van der Waals surface area (Å²) in [6.45, 7) is 2.29. The number of aromatic nitrogens is 2. The fraction of sp³-hybridized carbons (Fsp3) is 0.500. The summed E-state index contributed by atoms with van der Waals surface area (Å²) in [5.74, 6) is 0. The zero-order valence-corrected chi connectivity index (χ0v) is 16.1. The second kappa shape index (κ2) is 7.18. The van der Waals surface area contributed by atoms with Gasteiger partial charge >= 0.3 is 0 Å². The third kappa shape index (κ3) is 3.27. The van der Waals surface area contributed by atoms with Crippen LogP contribution >= 0.6 is 0 Å². The lowest BCUT2D eigenvalue weighted by molar-refractivity contribution is -0.237. The first-order chi connectivity index (χ1) is 13.1. The van der Waals surface area contributed by atoms with Crippen LogP contribution in [0, 0.1) is 11.3 Å². The molecular weight excluding hydrogens is 363 g/mol. The lowest BCUT2D eigenvalue weighted by Gasteiger charge is -2.47. The molecule has 1 fully saturated rings. The largest absolute Gasteiger partial charge is 0.387 e. The molecule has 10 heteroatoms. The van der Waals surface area contributed by atoms with Crippen molar-refractivity contribution in [2.75, 3.05) is 25.1 Å². The second-order valence-corrected chi connectivity index (χ2v) is 7.33. The van der Waals surface area contributed by atoms with Crippen LogP contribution in [-0.2, 0) is 4.74 Å². The van der Waals surface area contributed by atoms with Gasteiger partial charge in [-0.15, -0.1) is 0 Å². The zero-order valence-electron chi connectivity index (χ0n) is 16.1. The van der Waals surface area contributed by atoms with Crippen molar-refractivity contribution < 1.29 is 20.1 Å². The topological polar surface area (TPSA) is 143 Å². The fourth-order valence-electron chi connectivity index (χ4n) is 3.82. The van der Waals surface area contributed by atoms with Gasteiger partial charge in [-0.3, -0.25) is 9.78 Å². The Hall–Kier alpha value is -2.45. The van der Waals surface area contributed by atoms with Gasteiger partial charge in [-0.05, 0) is 25.8 Å². The van der Waals surface area contributed by atoms with Crippen LogP contribution in [0.1, 0.15) is 37.1 Å². The van der Waals surface area contributed by atoms with E-state index in [1.54, 1.807) is 13.0 Å². The minimum Gasteiger partial charge on any atom is -0.387 e. The maximum absolute atomic E-state index is 12.4. The maximum Gasteiger partial charge on any atom is 0.268 e. The van der Waals surface area contributed by atoms with E-state index in [1.807, 2.05) is 11.0 Å². The quantitative estimate of drug-likeness (QED) is 0.391. The van der Waals surface area contributed by atoms with Crippen molar-refractivity contribution in [3.05, 3.63) is 33.9 Å². The standard InChI is InChI=1S/C18H23BN4O5/c1-10(24)13-7-11-14(9-21-13)22-16(25)12(8-20)15(11)23-5-3-17(28-2,4-6-23)18(19,26)27/h7,9-10,24,26-27H,3-6,19H2,1-2H3,(H,22,25). The van der Waals surface area contributed by atoms with E-state index in [0.717, 1.165) is 0 Å². The Morgan fingerprint density at radius 2 is 2.11 bits per heavy atom. The molecule has 0 spiro atoms. The third-order valence-electron chi connectivity index (χ3n) is 5.57. The molecule has 1 aliphatic heterocycles. The van der Waals surface area contributed by atoms with Gasteiger partial charge in [-0.2, -0.15) is 5.26 Å². The maximum atomic E-state index is 12.4. The van der Waals surface area contributed by atoms with Crippen LogP contribution in [0.25, 0.3) is 10.9 Å². The SMILES string of the molecule is BC(O)(O)C1(OC)CCN(c2c(C#N)c(=O)[nH]c3cnc(C(C)O)cc23)CC1. The highest BCUT2D eigenvalue weighted by atomic mass is 16.6. The second-order valence-electron chi connectivity index (χ2n) is 7.33. The van der Waals surface area contributed by atoms with Crippen LogP contribution in [0.15, 0.2) is 17.1 Å². The number of nitriles is 1. The number of pyridine rings is 2. The number of aromatic amines is 1. The van der Waals surface area contributed by atoms with Crippen LogP contribution in [0.3, 0.4) is 0 Å². The lowest BCUT2D eigenvalue weighted by atomic mass is 9.72. The zero-order chi connectivity index (χ0) is 20.7. The number of rotatable bonds is 4. The summed E-state index contributed by atoms with van der Waals surface area (Å²) in [6, 6.07) is 3.63. The van der Waals surface area contributed by atoms with Crippen molar-refractivity contribution in [1.29, 1.82) is 5.26 Å². The molecule has 2 aromatic heterocycles. The average molecular weight is 386 g/mol. The van der Waals surface area contributed by atoms with Gasteiger partial charge in [0.05, 0.1) is 29.2 Å². The Labute approximate surface area is 162 Å². The first kappa shape index (κ1) is 20.3. The number of nitrogens with one attached hydrogen (secondary N) is 1. The number of methoxy groups -OCH3 is 1. The predicted octanol–water partition coefficient (Wildman–Crippen LogP) is -0.895. The molecule has 4 N–H and O–H groups in total. The normalized spacial score (nSPS) is 18.1. The minimum absolute atomic E-state index is 0.0316. The summed E-state index contributed by atoms with van der Waals surface area (Å²) in [7, 11) is 2.72. The highest BCUT2D eigenvalue weighted by Gasteiger charge is 2.48. The number of ether oxygens (including phenoxy) is 1. The van der Waals surface area contributed by atoms with Gasteiger partial charge in [-0.25, -0.2) is 0 Å². The molecule has 148 valence electrons. The first-order valence-corrected chi connectivity index (χ1v) is 9.02. The summed E-state index contributed by atoms with van der Waals surface area (Å²) in [4.78, 5) is 21.1. The van der Waals surface area contributed by atoms with Crippen molar-refractivity contribution in [2.45, 2.75) is 37.2 Å². The molecule has 1 saturated heterocycles. The molecule has 3 rings (SSSR count). The smallest absolute Gasteiger partial charge is 0.268 e. The van der Waals surface area contributed by atoms with E-state index in [-0.39, 0.29) is 5.56 Å². The molecule has 0 aromatic carbocycles. The number of anilines is 1. The first-order valence-electron chi connectivity index (χ1n) is 9.02. The van der Waals surface area contributed by atoms with Crippen LogP contribution in [0.4, 0.5) is 5.69 Å². The van der Waals surface area contributed by atoms with E-state index in [2.05, 4.69) is 9.97 Å². The van der Waals surface area contributed by atoms with Crippen LogP contribution in [0.2, 0.25) is 0 Å². The Morgan fingerprint density at radius 3 is 2.61 bits per heavy atom. The molecule has 0 bridgehead atoms. The van der Waals surface area contributed by atoms with Crippen molar-refractivity contribution in [3.8, 4) is 6.07 Å². The van der Waals surface area contributed by atoms with Crippen LogP contribution in [-0.4, -0.2) is 64.6 Å². The van der Waals surface area contributed by atoms with E-state index in [0.29, 0.717) is 48.2 Å². The number of aliphatic hydroxyl groups is 3. The van der Waals surface area contributed by atoms with Crippen LogP contribution < -0.4 is 10.5 Å². The molecule has 28 heavy (non-hydrogen) atoms. The number of fused-ring (bicyclic) bond motifs is 1. The van der Waals surface area contributed by atoms with Crippen molar-refractivity contribution >= 4 is 24.4 Å². The van der Waals surface area contributed by atoms with Gasteiger partial charge in [-0.1, -0.05) is 0 Å². The van der Waals surface area contributed by atoms with Crippen LogP contribution in [0.5, 0.6) is 0 Å². The van der Waals surface area contributed by atoms with E-state index >= 15 is 0 Å². The average Bonchev–Trinajstić information content (AvgIpc) is 2.65. The molecule has 3 heterocycles. The molecule has 0 radical (unpaired) electrons. The molecule has 1 unspecified atom stereocenters. The molecule has 2 aromatic rings. The Bertz CT molecular complexity index is 984. The predicted molar refractivity (Wildman–Crippen MR) is 105 cm³/mol. The van der Waals surface area contributed by atoms with Gasteiger partial charge < -0.3 is 29.9 Å². The lowest BCUT2D eigenvalue weighted by Crippen LogP contribution is -2.61. The Kier molecular flexibility index (Phi) is 5.21. The highest BCUT2D eigenvalue weighted by molar-refractivity contribution is 6.13. The van der Waals surface area contributed by atoms with Gasteiger partial charge in [0.2, 0.25) is 0 Å². The number of nitrogens with zero attached hydrogens (tertiary/aromatic N) is 3. The summed E-state index contributed by atoms with van der Waals surface area (Å²) < 4.78 is 5.44. The summed E-state index contributed by atoms with van der Waals surface area (Å²) in [6.07, 6.45) is 1.24. The molecule has 1 atom stereocenters. The minimum atomic E-state index is -2.02. The van der Waals surface area contributed by atoms with Gasteiger partial charge in [0.15, 0.2) is 7.85 Å². The number of piperidine rings is 1. The number of H-pyrrole nitrogens is 1. The Balaban J connectivity index is 2.11. The van der Waals surface area contributed by atoms with Gasteiger partial charge in [0, 0.05) is 25.6 Å².